The molecule has 0 bridgehead atoms. The molecule has 2 aromatic rings. The van der Waals surface area contributed by atoms with Gasteiger partial charge in [-0.3, -0.25) is 0 Å². The molecule has 0 aliphatic carbocycles. The molecular formula is C18H24N2O. The molecule has 0 unspecified atom stereocenters. The first-order valence-electron chi connectivity index (χ1n) is 7.45. The molecule has 3 heteroatoms. The van der Waals surface area contributed by atoms with Crippen molar-refractivity contribution in [2.45, 2.75) is 20.8 Å². The van der Waals surface area contributed by atoms with Crippen LogP contribution < -0.4 is 15.0 Å². The van der Waals surface area contributed by atoms with Gasteiger partial charge in [0.25, 0.3) is 0 Å². The Bertz CT molecular complexity index is 574. The normalized spacial score (nSPS) is 10.3. The van der Waals surface area contributed by atoms with Crippen molar-refractivity contribution < 1.29 is 4.74 Å². The van der Waals surface area contributed by atoms with Gasteiger partial charge in [0, 0.05) is 24.5 Å². The molecule has 0 radical (unpaired) electrons. The minimum atomic E-state index is 0.894. The van der Waals surface area contributed by atoms with Gasteiger partial charge in [0.15, 0.2) is 0 Å². The molecule has 0 amide bonds. The van der Waals surface area contributed by atoms with Gasteiger partial charge in [-0.25, -0.2) is 0 Å². The summed E-state index contributed by atoms with van der Waals surface area (Å²) >= 11 is 0. The van der Waals surface area contributed by atoms with Gasteiger partial charge in [-0.1, -0.05) is 12.1 Å². The highest BCUT2D eigenvalue weighted by Crippen LogP contribution is 2.31. The zero-order chi connectivity index (χ0) is 15.2. The van der Waals surface area contributed by atoms with Crippen molar-refractivity contribution in [2.75, 3.05) is 30.4 Å². The first kappa shape index (κ1) is 15.2. The number of aryl methyl sites for hydroxylation is 1. The summed E-state index contributed by atoms with van der Waals surface area (Å²) in [6, 6.07) is 14.6. The highest BCUT2D eigenvalue weighted by molar-refractivity contribution is 5.69. The molecule has 0 spiro atoms. The first-order chi connectivity index (χ1) is 10.2. The molecule has 1 N–H and O–H groups in total. The average Bonchev–Trinajstić information content (AvgIpc) is 2.50. The lowest BCUT2D eigenvalue weighted by Gasteiger charge is -2.21. The largest absolute Gasteiger partial charge is 0.494 e. The Kier molecular flexibility index (Phi) is 5.09. The predicted octanol–water partition coefficient (Wildman–Crippen LogP) is 4.59. The fraction of sp³-hybridized carbons (Fsp3) is 0.333. The number of hydrogen-bond acceptors (Lipinski definition) is 3. The quantitative estimate of drug-likeness (QED) is 0.839. The molecule has 2 rings (SSSR count). The maximum atomic E-state index is 5.47. The third kappa shape index (κ3) is 3.48. The number of ether oxygens (including phenoxy) is 1. The fourth-order valence-corrected chi connectivity index (χ4v) is 2.52. The van der Waals surface area contributed by atoms with Crippen molar-refractivity contribution >= 4 is 17.1 Å². The number of hydrogen-bond donors (Lipinski definition) is 1. The maximum Gasteiger partial charge on any atom is 0.145 e. The number of benzene rings is 2. The third-order valence-electron chi connectivity index (χ3n) is 3.69. The smallest absolute Gasteiger partial charge is 0.145 e. The van der Waals surface area contributed by atoms with Gasteiger partial charge in [-0.05, 0) is 56.7 Å². The monoisotopic (exact) mass is 284 g/mol. The highest BCUT2D eigenvalue weighted by atomic mass is 16.5. The van der Waals surface area contributed by atoms with Crippen LogP contribution in [0.5, 0.6) is 5.75 Å². The lowest BCUT2D eigenvalue weighted by molar-refractivity contribution is 0.414. The van der Waals surface area contributed by atoms with Gasteiger partial charge in [0.2, 0.25) is 0 Å². The van der Waals surface area contributed by atoms with E-state index in [0.717, 1.165) is 35.8 Å². The van der Waals surface area contributed by atoms with Crippen LogP contribution in [-0.4, -0.2) is 20.2 Å². The van der Waals surface area contributed by atoms with Crippen LogP contribution in [0.2, 0.25) is 0 Å². The number of rotatable bonds is 6. The lowest BCUT2D eigenvalue weighted by atomic mass is 10.2. The molecule has 0 heterocycles. The van der Waals surface area contributed by atoms with E-state index in [2.05, 4.69) is 48.3 Å². The van der Waals surface area contributed by atoms with Crippen LogP contribution in [0.1, 0.15) is 19.4 Å². The summed E-state index contributed by atoms with van der Waals surface area (Å²) in [7, 11) is 1.71. The molecule has 0 aromatic heterocycles. The molecule has 0 saturated carbocycles. The molecule has 2 aromatic carbocycles. The van der Waals surface area contributed by atoms with E-state index in [4.69, 9.17) is 4.74 Å². The van der Waals surface area contributed by atoms with E-state index in [1.807, 2.05) is 25.1 Å². The Labute approximate surface area is 127 Å². The van der Waals surface area contributed by atoms with Gasteiger partial charge in [-0.15, -0.1) is 0 Å². The van der Waals surface area contributed by atoms with Gasteiger partial charge in [0.05, 0.1) is 12.8 Å². The number of nitrogens with zero attached hydrogens (tertiary/aromatic N) is 1. The molecule has 3 nitrogen and oxygen atoms in total. The van der Waals surface area contributed by atoms with E-state index in [0.29, 0.717) is 0 Å². The van der Waals surface area contributed by atoms with Gasteiger partial charge in [-0.2, -0.15) is 0 Å². The van der Waals surface area contributed by atoms with E-state index in [1.54, 1.807) is 7.11 Å². The zero-order valence-corrected chi connectivity index (χ0v) is 13.3. The zero-order valence-electron chi connectivity index (χ0n) is 13.3. The van der Waals surface area contributed by atoms with Gasteiger partial charge in [0.1, 0.15) is 5.75 Å². The molecular weight excluding hydrogens is 260 g/mol. The van der Waals surface area contributed by atoms with Crippen LogP contribution in [0.3, 0.4) is 0 Å². The van der Waals surface area contributed by atoms with Crippen LogP contribution in [0, 0.1) is 6.92 Å². The number of nitrogens with one attached hydrogen (secondary N) is 1. The van der Waals surface area contributed by atoms with Crippen molar-refractivity contribution in [2.24, 2.45) is 0 Å². The summed E-state index contributed by atoms with van der Waals surface area (Å²) < 4.78 is 5.47. The van der Waals surface area contributed by atoms with Gasteiger partial charge < -0.3 is 15.0 Å². The Morgan fingerprint density at radius 3 is 2.24 bits per heavy atom. The Balaban J connectivity index is 2.19. The van der Waals surface area contributed by atoms with Crippen LogP contribution in [-0.2, 0) is 0 Å². The molecule has 0 aliphatic heterocycles. The summed E-state index contributed by atoms with van der Waals surface area (Å²) in [5, 5.41) is 3.42. The third-order valence-corrected chi connectivity index (χ3v) is 3.69. The molecule has 0 fully saturated rings. The summed E-state index contributed by atoms with van der Waals surface area (Å²) in [6.45, 7) is 8.44. The SMILES string of the molecule is CCN(CC)c1ccc(Nc2cccc(C)c2OC)cc1. The topological polar surface area (TPSA) is 24.5 Å². The van der Waals surface area contributed by atoms with Crippen molar-refractivity contribution in [3.63, 3.8) is 0 Å². The van der Waals surface area contributed by atoms with E-state index < -0.39 is 0 Å². The Morgan fingerprint density at radius 2 is 1.67 bits per heavy atom. The van der Waals surface area contributed by atoms with Crippen LogP contribution in [0.25, 0.3) is 0 Å². The molecule has 0 atom stereocenters. The minimum absolute atomic E-state index is 0.894. The molecule has 21 heavy (non-hydrogen) atoms. The first-order valence-corrected chi connectivity index (χ1v) is 7.45. The maximum absolute atomic E-state index is 5.47. The van der Waals surface area contributed by atoms with Crippen LogP contribution in [0.15, 0.2) is 42.5 Å². The van der Waals surface area contributed by atoms with Crippen molar-refractivity contribution in [1.29, 1.82) is 0 Å². The number of anilines is 3. The summed E-state index contributed by atoms with van der Waals surface area (Å²) in [5.41, 5.74) is 4.44. The van der Waals surface area contributed by atoms with Crippen LogP contribution in [0.4, 0.5) is 17.1 Å². The second-order valence-corrected chi connectivity index (χ2v) is 5.00. The highest BCUT2D eigenvalue weighted by Gasteiger charge is 2.06. The lowest BCUT2D eigenvalue weighted by Crippen LogP contribution is -2.21. The molecule has 0 saturated heterocycles. The molecule has 0 aliphatic rings. The van der Waals surface area contributed by atoms with Gasteiger partial charge >= 0.3 is 0 Å². The molecule has 112 valence electrons. The predicted molar refractivity (Wildman–Crippen MR) is 91.0 cm³/mol. The van der Waals surface area contributed by atoms with E-state index in [9.17, 15) is 0 Å². The summed E-state index contributed by atoms with van der Waals surface area (Å²) in [5.74, 6) is 0.894. The second-order valence-electron chi connectivity index (χ2n) is 5.00. The van der Waals surface area contributed by atoms with E-state index >= 15 is 0 Å². The standard InChI is InChI=1S/C18H24N2O/c1-5-20(6-2)16-12-10-15(11-13-16)19-17-9-7-8-14(3)18(17)21-4/h7-13,19H,5-6H2,1-4H3. The Morgan fingerprint density at radius 1 is 1.00 bits per heavy atom. The fourth-order valence-electron chi connectivity index (χ4n) is 2.52. The van der Waals surface area contributed by atoms with Crippen molar-refractivity contribution in [3.05, 3.63) is 48.0 Å². The van der Waals surface area contributed by atoms with E-state index in [-0.39, 0.29) is 0 Å². The Hall–Kier alpha value is -2.16. The van der Waals surface area contributed by atoms with Crippen molar-refractivity contribution in [1.82, 2.24) is 0 Å². The minimum Gasteiger partial charge on any atom is -0.494 e. The average molecular weight is 284 g/mol. The van der Waals surface area contributed by atoms with E-state index in [1.165, 1.54) is 5.69 Å². The van der Waals surface area contributed by atoms with Crippen molar-refractivity contribution in [3.8, 4) is 5.75 Å². The summed E-state index contributed by atoms with van der Waals surface area (Å²) in [6.07, 6.45) is 0. The summed E-state index contributed by atoms with van der Waals surface area (Å²) in [4.78, 5) is 2.33. The second kappa shape index (κ2) is 7.02. The van der Waals surface area contributed by atoms with Crippen LogP contribution >= 0.6 is 0 Å². The number of para-hydroxylation sites is 1. The number of methoxy groups -OCH3 is 1.